The molecule has 1 amide bonds. The third-order valence-electron chi connectivity index (χ3n) is 9.07. The molecule has 11 heteroatoms. The lowest BCUT2D eigenvalue weighted by Gasteiger charge is -2.49. The van der Waals surface area contributed by atoms with Crippen LogP contribution in [0.5, 0.6) is 0 Å². The summed E-state index contributed by atoms with van der Waals surface area (Å²) >= 11 is 1.60. The SMILES string of the molecule is CSCC(O)CCc1ccc(N2C(=O)C(CCC(OC(C)=O)c3ccc(F)cc3)C2C2=CCC(CCCC(C(=O)O)C(=O)O)C=C2)cc1. The second-order valence-corrected chi connectivity index (χ2v) is 13.4. The van der Waals surface area contributed by atoms with E-state index in [1.807, 2.05) is 42.7 Å². The lowest BCUT2D eigenvalue weighted by molar-refractivity contribution is -0.155. The molecule has 2 aliphatic rings. The Morgan fingerprint density at radius 3 is 2.27 bits per heavy atom. The number of thioether (sulfide) groups is 1. The summed E-state index contributed by atoms with van der Waals surface area (Å²) in [6.07, 6.45) is 11.1. The molecule has 2 aromatic carbocycles. The van der Waals surface area contributed by atoms with Crippen LogP contribution in [-0.2, 0) is 30.3 Å². The zero-order valence-electron chi connectivity index (χ0n) is 27.3. The third kappa shape index (κ3) is 9.79. The molecule has 4 rings (SSSR count). The number of aliphatic carboxylic acids is 2. The Morgan fingerprint density at radius 1 is 1.00 bits per heavy atom. The van der Waals surface area contributed by atoms with Crippen molar-refractivity contribution in [2.24, 2.45) is 17.8 Å². The normalized spacial score (nSPS) is 20.2. The van der Waals surface area contributed by atoms with Crippen molar-refractivity contribution >= 4 is 41.3 Å². The largest absolute Gasteiger partial charge is 0.481 e. The van der Waals surface area contributed by atoms with Crippen molar-refractivity contribution in [2.45, 2.75) is 76.5 Å². The highest BCUT2D eigenvalue weighted by atomic mass is 32.2. The molecule has 3 N–H and O–H groups in total. The van der Waals surface area contributed by atoms with Crippen molar-refractivity contribution in [1.29, 1.82) is 0 Å². The molecular weight excluding hydrogens is 637 g/mol. The number of carbonyl (C=O) groups excluding carboxylic acids is 2. The van der Waals surface area contributed by atoms with Gasteiger partial charge in [-0.1, -0.05) is 48.9 Å². The first-order valence-corrected chi connectivity index (χ1v) is 17.7. The Hall–Kier alpha value is -3.96. The summed E-state index contributed by atoms with van der Waals surface area (Å²) in [6.45, 7) is 1.32. The van der Waals surface area contributed by atoms with E-state index >= 15 is 0 Å². The minimum atomic E-state index is -1.42. The first kappa shape index (κ1) is 36.9. The van der Waals surface area contributed by atoms with Crippen molar-refractivity contribution in [2.75, 3.05) is 16.9 Å². The number of aryl methyl sites for hydroxylation is 1. The van der Waals surface area contributed by atoms with Gasteiger partial charge < -0.3 is 25.0 Å². The van der Waals surface area contributed by atoms with Gasteiger partial charge in [0.05, 0.1) is 18.1 Å². The Kier molecular flexibility index (Phi) is 13.4. The molecule has 1 aliphatic carbocycles. The number of β-lactam (4-membered cyclic amide) rings is 1. The summed E-state index contributed by atoms with van der Waals surface area (Å²) < 4.78 is 19.2. The van der Waals surface area contributed by atoms with Gasteiger partial charge >= 0.3 is 17.9 Å². The first-order chi connectivity index (χ1) is 23.0. The fourth-order valence-corrected chi connectivity index (χ4v) is 7.04. The smallest absolute Gasteiger partial charge is 0.317 e. The van der Waals surface area contributed by atoms with Gasteiger partial charge in [0.2, 0.25) is 5.91 Å². The van der Waals surface area contributed by atoms with E-state index in [2.05, 4.69) is 6.08 Å². The Bertz CT molecular complexity index is 1480. The molecule has 1 fully saturated rings. The topological polar surface area (TPSA) is 141 Å². The number of amides is 1. The van der Waals surface area contributed by atoms with Crippen LogP contribution in [0.3, 0.4) is 0 Å². The van der Waals surface area contributed by atoms with Gasteiger partial charge in [0.25, 0.3) is 0 Å². The molecule has 0 spiro atoms. The van der Waals surface area contributed by atoms with Crippen LogP contribution in [0.4, 0.5) is 10.1 Å². The number of hydrogen-bond acceptors (Lipinski definition) is 7. The summed E-state index contributed by atoms with van der Waals surface area (Å²) in [5.41, 5.74) is 3.45. The summed E-state index contributed by atoms with van der Waals surface area (Å²) in [4.78, 5) is 50.0. The highest BCUT2D eigenvalue weighted by molar-refractivity contribution is 7.98. The third-order valence-corrected chi connectivity index (χ3v) is 9.78. The number of hydrogen-bond donors (Lipinski definition) is 3. The number of carbonyl (C=O) groups is 4. The molecule has 1 saturated heterocycles. The molecule has 1 aliphatic heterocycles. The Balaban J connectivity index is 1.49. The minimum Gasteiger partial charge on any atom is -0.481 e. The van der Waals surface area contributed by atoms with Crippen LogP contribution in [0, 0.1) is 23.6 Å². The number of benzene rings is 2. The molecule has 0 radical (unpaired) electrons. The molecule has 0 aromatic heterocycles. The van der Waals surface area contributed by atoms with Gasteiger partial charge in [0, 0.05) is 18.4 Å². The van der Waals surface area contributed by atoms with Crippen molar-refractivity contribution in [3.05, 3.63) is 89.3 Å². The predicted octanol–water partition coefficient (Wildman–Crippen LogP) is 6.36. The number of allylic oxidation sites excluding steroid dienone is 2. The molecule has 0 bridgehead atoms. The van der Waals surface area contributed by atoms with E-state index in [0.717, 1.165) is 23.2 Å². The molecule has 0 saturated carbocycles. The van der Waals surface area contributed by atoms with E-state index in [4.69, 9.17) is 14.9 Å². The van der Waals surface area contributed by atoms with Crippen LogP contribution in [0.15, 0.2) is 72.3 Å². The summed E-state index contributed by atoms with van der Waals surface area (Å²) in [6, 6.07) is 13.3. The maximum atomic E-state index is 13.8. The van der Waals surface area contributed by atoms with E-state index in [0.29, 0.717) is 49.8 Å². The van der Waals surface area contributed by atoms with E-state index < -0.39 is 35.7 Å². The zero-order chi connectivity index (χ0) is 34.8. The van der Waals surface area contributed by atoms with Crippen molar-refractivity contribution in [3.8, 4) is 0 Å². The van der Waals surface area contributed by atoms with Gasteiger partial charge in [-0.15, -0.1) is 0 Å². The van der Waals surface area contributed by atoms with Crippen LogP contribution in [0.1, 0.15) is 69.1 Å². The number of halogens is 1. The van der Waals surface area contributed by atoms with Crippen LogP contribution >= 0.6 is 11.8 Å². The van der Waals surface area contributed by atoms with Gasteiger partial charge in [0.15, 0.2) is 5.92 Å². The number of carboxylic acids is 2. The van der Waals surface area contributed by atoms with Gasteiger partial charge in [0.1, 0.15) is 11.9 Å². The highest BCUT2D eigenvalue weighted by Gasteiger charge is 2.49. The number of anilines is 1. The fraction of sp³-hybridized carbons (Fsp3) is 0.459. The van der Waals surface area contributed by atoms with Crippen LogP contribution in [-0.4, -0.2) is 63.3 Å². The van der Waals surface area contributed by atoms with E-state index in [9.17, 15) is 28.7 Å². The second kappa shape index (κ2) is 17.4. The summed E-state index contributed by atoms with van der Waals surface area (Å²) in [5, 5.41) is 28.5. The van der Waals surface area contributed by atoms with Crippen LogP contribution in [0.25, 0.3) is 0 Å². The number of rotatable bonds is 18. The summed E-state index contributed by atoms with van der Waals surface area (Å²) in [7, 11) is 0. The second-order valence-electron chi connectivity index (χ2n) is 12.5. The number of aliphatic hydroxyl groups is 1. The lowest BCUT2D eigenvalue weighted by Crippen LogP contribution is -2.62. The number of esters is 1. The van der Waals surface area contributed by atoms with Crippen LogP contribution in [0.2, 0.25) is 0 Å². The van der Waals surface area contributed by atoms with Gasteiger partial charge in [-0.05, 0) is 98.1 Å². The predicted molar refractivity (Wildman–Crippen MR) is 182 cm³/mol. The maximum absolute atomic E-state index is 13.8. The van der Waals surface area contributed by atoms with Gasteiger partial charge in [-0.3, -0.25) is 19.2 Å². The fourth-order valence-electron chi connectivity index (χ4n) is 6.49. The molecule has 5 unspecified atom stereocenters. The van der Waals surface area contributed by atoms with Crippen molar-refractivity contribution < 1.29 is 43.6 Å². The molecule has 2 aromatic rings. The molecule has 258 valence electrons. The van der Waals surface area contributed by atoms with Gasteiger partial charge in [-0.2, -0.15) is 11.8 Å². The quantitative estimate of drug-likeness (QED) is 0.0932. The molecular formula is C37H44FNO8S. The highest BCUT2D eigenvalue weighted by Crippen LogP contribution is 2.42. The zero-order valence-corrected chi connectivity index (χ0v) is 28.1. The average molecular weight is 682 g/mol. The number of ether oxygens (including phenoxy) is 1. The number of carboxylic acid groups (broad SMARTS) is 2. The number of nitrogens with zero attached hydrogens (tertiary/aromatic N) is 1. The Morgan fingerprint density at radius 2 is 1.69 bits per heavy atom. The van der Waals surface area contributed by atoms with E-state index in [1.165, 1.54) is 19.1 Å². The lowest BCUT2D eigenvalue weighted by atomic mass is 9.75. The maximum Gasteiger partial charge on any atom is 0.317 e. The van der Waals surface area contributed by atoms with Crippen LogP contribution < -0.4 is 4.90 Å². The standard InChI is InChI=1S/C37H44FNO8S/c1-23(40)47-33(26-13-15-28(38)16-14-26)21-20-31-34(27-11-6-24(7-12-27)4-3-5-32(36(43)44)37(45)46)39(35(31)42)29-17-8-25(9-18-29)10-19-30(41)22-48-2/h6,8-9,11-18,24,30-34,41H,3-5,7,10,19-22H2,1-2H3,(H,43,44)(H,45,46). The Labute approximate surface area is 284 Å². The summed E-state index contributed by atoms with van der Waals surface area (Å²) in [5.74, 6) is -4.59. The molecule has 1 heterocycles. The van der Waals surface area contributed by atoms with E-state index in [-0.39, 0.29) is 36.3 Å². The monoisotopic (exact) mass is 681 g/mol. The number of aliphatic hydroxyl groups excluding tert-OH is 1. The molecule has 9 nitrogen and oxygen atoms in total. The van der Waals surface area contributed by atoms with Gasteiger partial charge in [-0.25, -0.2) is 4.39 Å². The molecule has 5 atom stereocenters. The van der Waals surface area contributed by atoms with E-state index in [1.54, 1.807) is 28.8 Å². The van der Waals surface area contributed by atoms with Crippen molar-refractivity contribution in [3.63, 3.8) is 0 Å². The average Bonchev–Trinajstić information content (AvgIpc) is 3.05. The first-order valence-electron chi connectivity index (χ1n) is 16.3. The molecule has 48 heavy (non-hydrogen) atoms. The minimum absolute atomic E-state index is 0.0476. The van der Waals surface area contributed by atoms with Crippen molar-refractivity contribution in [1.82, 2.24) is 0 Å².